The van der Waals surface area contributed by atoms with E-state index in [9.17, 15) is 9.59 Å². The quantitative estimate of drug-likeness (QED) is 0.622. The van der Waals surface area contributed by atoms with Crippen LogP contribution < -0.4 is 10.6 Å². The molecular formula is C10H10N2O3. The Labute approximate surface area is 86.1 Å². The number of aromatic carboxylic acids is 1. The van der Waals surface area contributed by atoms with Gasteiger partial charge in [0.2, 0.25) is 5.91 Å². The van der Waals surface area contributed by atoms with Crippen LogP contribution in [0, 0.1) is 0 Å². The number of fused-ring (bicyclic) bond motifs is 1. The lowest BCUT2D eigenvalue weighted by Crippen LogP contribution is -2.23. The molecule has 1 aliphatic heterocycles. The molecule has 0 saturated carbocycles. The molecule has 0 aliphatic carbocycles. The zero-order chi connectivity index (χ0) is 10.8. The van der Waals surface area contributed by atoms with Crippen LogP contribution in [0.4, 0.5) is 5.69 Å². The van der Waals surface area contributed by atoms with Gasteiger partial charge in [-0.3, -0.25) is 4.79 Å². The standard InChI is InChI=1S/C10H10N2O3/c13-9-5-11-4-7-3-6(10(14)15)1-2-8(7)12-9/h1-3,11H,4-5H2,(H,12,13)(H,14,15). The second-order valence-electron chi connectivity index (χ2n) is 3.33. The van der Waals surface area contributed by atoms with Gasteiger partial charge in [-0.1, -0.05) is 0 Å². The van der Waals surface area contributed by atoms with Gasteiger partial charge in [-0.15, -0.1) is 0 Å². The van der Waals surface area contributed by atoms with E-state index in [4.69, 9.17) is 5.11 Å². The Hall–Kier alpha value is -1.88. The molecule has 1 aliphatic rings. The largest absolute Gasteiger partial charge is 0.478 e. The number of carbonyl (C=O) groups is 2. The molecule has 78 valence electrons. The van der Waals surface area contributed by atoms with Crippen molar-refractivity contribution in [2.75, 3.05) is 11.9 Å². The van der Waals surface area contributed by atoms with Gasteiger partial charge in [0.1, 0.15) is 0 Å². The molecule has 5 nitrogen and oxygen atoms in total. The van der Waals surface area contributed by atoms with Crippen molar-refractivity contribution in [3.8, 4) is 0 Å². The summed E-state index contributed by atoms with van der Waals surface area (Å²) in [5.41, 5.74) is 1.70. The lowest BCUT2D eigenvalue weighted by molar-refractivity contribution is -0.115. The predicted molar refractivity (Wildman–Crippen MR) is 53.7 cm³/mol. The van der Waals surface area contributed by atoms with E-state index < -0.39 is 5.97 Å². The number of carboxylic acid groups (broad SMARTS) is 1. The number of rotatable bonds is 1. The third kappa shape index (κ3) is 1.97. The molecule has 0 aromatic heterocycles. The van der Waals surface area contributed by atoms with Crippen molar-refractivity contribution in [3.63, 3.8) is 0 Å². The van der Waals surface area contributed by atoms with Gasteiger partial charge in [0, 0.05) is 12.2 Å². The number of hydrogen-bond donors (Lipinski definition) is 3. The minimum atomic E-state index is -0.964. The van der Waals surface area contributed by atoms with Crippen molar-refractivity contribution in [2.45, 2.75) is 6.54 Å². The summed E-state index contributed by atoms with van der Waals surface area (Å²) >= 11 is 0. The first kappa shape index (κ1) is 9.67. The predicted octanol–water partition coefficient (Wildman–Crippen LogP) is 0.426. The first-order valence-corrected chi connectivity index (χ1v) is 4.53. The molecule has 0 radical (unpaired) electrons. The number of amides is 1. The van der Waals surface area contributed by atoms with Crippen molar-refractivity contribution in [1.82, 2.24) is 5.32 Å². The Bertz CT molecular complexity index is 429. The smallest absolute Gasteiger partial charge is 0.335 e. The average Bonchev–Trinajstić information content (AvgIpc) is 2.37. The highest BCUT2D eigenvalue weighted by molar-refractivity contribution is 5.95. The van der Waals surface area contributed by atoms with Gasteiger partial charge >= 0.3 is 5.97 Å². The highest BCUT2D eigenvalue weighted by atomic mass is 16.4. The van der Waals surface area contributed by atoms with E-state index >= 15 is 0 Å². The molecule has 15 heavy (non-hydrogen) atoms. The molecule has 0 atom stereocenters. The SMILES string of the molecule is O=C1CNCc2cc(C(=O)O)ccc2N1. The van der Waals surface area contributed by atoms with Crippen molar-refractivity contribution >= 4 is 17.6 Å². The number of carbonyl (C=O) groups excluding carboxylic acids is 1. The number of carboxylic acids is 1. The van der Waals surface area contributed by atoms with Crippen molar-refractivity contribution in [2.24, 2.45) is 0 Å². The molecule has 1 aromatic carbocycles. The van der Waals surface area contributed by atoms with Crippen molar-refractivity contribution < 1.29 is 14.7 Å². The zero-order valence-electron chi connectivity index (χ0n) is 7.91. The van der Waals surface area contributed by atoms with E-state index in [1.54, 1.807) is 12.1 Å². The molecule has 0 bridgehead atoms. The molecular weight excluding hydrogens is 196 g/mol. The third-order valence-electron chi connectivity index (χ3n) is 2.23. The highest BCUT2D eigenvalue weighted by Gasteiger charge is 2.13. The van der Waals surface area contributed by atoms with Gasteiger partial charge < -0.3 is 15.7 Å². The molecule has 0 spiro atoms. The maximum atomic E-state index is 11.2. The number of benzene rings is 1. The minimum Gasteiger partial charge on any atom is -0.478 e. The van der Waals surface area contributed by atoms with E-state index in [1.165, 1.54) is 6.07 Å². The van der Waals surface area contributed by atoms with Crippen LogP contribution in [0.1, 0.15) is 15.9 Å². The molecule has 1 heterocycles. The maximum Gasteiger partial charge on any atom is 0.335 e. The molecule has 5 heteroatoms. The zero-order valence-corrected chi connectivity index (χ0v) is 7.91. The summed E-state index contributed by atoms with van der Waals surface area (Å²) in [6, 6.07) is 4.66. The average molecular weight is 206 g/mol. The monoisotopic (exact) mass is 206 g/mol. The summed E-state index contributed by atoms with van der Waals surface area (Å²) in [6.45, 7) is 0.742. The summed E-state index contributed by atoms with van der Waals surface area (Å²) in [5.74, 6) is -1.08. The molecule has 1 amide bonds. The Kier molecular flexibility index (Phi) is 2.39. The summed E-state index contributed by atoms with van der Waals surface area (Å²) in [5, 5.41) is 14.4. The normalized spacial score (nSPS) is 15.1. The van der Waals surface area contributed by atoms with Crippen LogP contribution in [-0.2, 0) is 11.3 Å². The molecule has 3 N–H and O–H groups in total. The Morgan fingerprint density at radius 1 is 1.33 bits per heavy atom. The van der Waals surface area contributed by atoms with Gasteiger partial charge in [0.15, 0.2) is 0 Å². The Morgan fingerprint density at radius 2 is 2.13 bits per heavy atom. The lowest BCUT2D eigenvalue weighted by atomic mass is 10.1. The van der Waals surface area contributed by atoms with E-state index in [0.29, 0.717) is 12.2 Å². The van der Waals surface area contributed by atoms with Crippen LogP contribution in [-0.4, -0.2) is 23.5 Å². The Balaban J connectivity index is 2.40. The van der Waals surface area contributed by atoms with Crippen molar-refractivity contribution in [3.05, 3.63) is 29.3 Å². The second kappa shape index (κ2) is 3.70. The summed E-state index contributed by atoms with van der Waals surface area (Å²) < 4.78 is 0. The van der Waals surface area contributed by atoms with Crippen LogP contribution in [0.25, 0.3) is 0 Å². The first-order valence-electron chi connectivity index (χ1n) is 4.53. The van der Waals surface area contributed by atoms with Gasteiger partial charge in [-0.05, 0) is 23.8 Å². The molecule has 2 rings (SSSR count). The van der Waals surface area contributed by atoms with E-state index in [0.717, 1.165) is 5.56 Å². The van der Waals surface area contributed by atoms with E-state index in [1.807, 2.05) is 0 Å². The van der Waals surface area contributed by atoms with Crippen LogP contribution in [0.15, 0.2) is 18.2 Å². The lowest BCUT2D eigenvalue weighted by Gasteiger charge is -2.06. The molecule has 0 fully saturated rings. The first-order chi connectivity index (χ1) is 7.16. The van der Waals surface area contributed by atoms with Gasteiger partial charge in [-0.25, -0.2) is 4.79 Å². The number of nitrogens with one attached hydrogen (secondary N) is 2. The molecule has 0 unspecified atom stereocenters. The summed E-state index contributed by atoms with van der Waals surface area (Å²) in [6.07, 6.45) is 0. The van der Waals surface area contributed by atoms with Gasteiger partial charge in [0.05, 0.1) is 12.1 Å². The van der Waals surface area contributed by atoms with Crippen LogP contribution in [0.3, 0.4) is 0 Å². The number of anilines is 1. The summed E-state index contributed by atoms with van der Waals surface area (Å²) in [7, 11) is 0. The maximum absolute atomic E-state index is 11.2. The van der Waals surface area contributed by atoms with Crippen LogP contribution in [0.5, 0.6) is 0 Å². The van der Waals surface area contributed by atoms with Crippen LogP contribution >= 0.6 is 0 Å². The van der Waals surface area contributed by atoms with Gasteiger partial charge in [0.25, 0.3) is 0 Å². The topological polar surface area (TPSA) is 78.4 Å². The molecule has 0 saturated heterocycles. The fourth-order valence-corrected chi connectivity index (χ4v) is 1.50. The third-order valence-corrected chi connectivity index (χ3v) is 2.23. The number of hydrogen-bond acceptors (Lipinski definition) is 3. The Morgan fingerprint density at radius 3 is 2.87 bits per heavy atom. The van der Waals surface area contributed by atoms with Crippen LogP contribution in [0.2, 0.25) is 0 Å². The van der Waals surface area contributed by atoms with Gasteiger partial charge in [-0.2, -0.15) is 0 Å². The highest BCUT2D eigenvalue weighted by Crippen LogP contribution is 2.19. The van der Waals surface area contributed by atoms with E-state index in [2.05, 4.69) is 10.6 Å². The molecule has 1 aromatic rings. The fourth-order valence-electron chi connectivity index (χ4n) is 1.50. The van der Waals surface area contributed by atoms with Crippen molar-refractivity contribution in [1.29, 1.82) is 0 Å². The minimum absolute atomic E-state index is 0.114. The van der Waals surface area contributed by atoms with E-state index in [-0.39, 0.29) is 18.0 Å². The fraction of sp³-hybridized carbons (Fsp3) is 0.200. The summed E-state index contributed by atoms with van der Waals surface area (Å²) in [4.78, 5) is 21.9. The second-order valence-corrected chi connectivity index (χ2v) is 3.33.